The van der Waals surface area contributed by atoms with Crippen molar-refractivity contribution in [1.29, 1.82) is 0 Å². The van der Waals surface area contributed by atoms with E-state index >= 15 is 0 Å². The number of pyridine rings is 1. The number of sulfonamides is 1. The molecule has 0 bridgehead atoms. The highest BCUT2D eigenvalue weighted by Gasteiger charge is 2.35. The number of hydrogen-bond acceptors (Lipinski definition) is 4. The molecule has 2 rings (SSSR count). The average Bonchev–Trinajstić information content (AvgIpc) is 2.79. The Bertz CT molecular complexity index is 575. The minimum atomic E-state index is -3.70. The molecule has 0 aromatic carbocycles. The van der Waals surface area contributed by atoms with Gasteiger partial charge < -0.3 is 5.11 Å². The van der Waals surface area contributed by atoms with Crippen molar-refractivity contribution in [2.45, 2.75) is 11.3 Å². The third kappa shape index (κ3) is 2.47. The molecular formula is C10H11ClN2O4S. The number of aromatic nitrogens is 1. The van der Waals surface area contributed by atoms with E-state index in [4.69, 9.17) is 16.7 Å². The van der Waals surface area contributed by atoms with Crippen LogP contribution in [0.3, 0.4) is 0 Å². The molecule has 0 amide bonds. The normalized spacial score (nSPS) is 21.1. The lowest BCUT2D eigenvalue weighted by Gasteiger charge is -2.15. The number of carboxylic acid groups (broad SMARTS) is 1. The minimum absolute atomic E-state index is 0.00974. The Hall–Kier alpha value is -1.18. The van der Waals surface area contributed by atoms with E-state index in [1.807, 2.05) is 0 Å². The van der Waals surface area contributed by atoms with Crippen molar-refractivity contribution in [2.24, 2.45) is 5.92 Å². The number of aliphatic carboxylic acids is 1. The first-order chi connectivity index (χ1) is 8.41. The van der Waals surface area contributed by atoms with E-state index in [-0.39, 0.29) is 23.0 Å². The SMILES string of the molecule is O=C(O)C1CCN(S(=O)(=O)c2cncc(Cl)c2)C1. The summed E-state index contributed by atoms with van der Waals surface area (Å²) in [6, 6.07) is 1.30. The summed E-state index contributed by atoms with van der Waals surface area (Å²) in [5, 5.41) is 9.08. The zero-order valence-electron chi connectivity index (χ0n) is 9.28. The van der Waals surface area contributed by atoms with Crippen LogP contribution in [0, 0.1) is 5.92 Å². The Morgan fingerprint density at radius 2 is 2.22 bits per heavy atom. The maximum Gasteiger partial charge on any atom is 0.307 e. The van der Waals surface area contributed by atoms with Gasteiger partial charge in [-0.25, -0.2) is 8.42 Å². The Morgan fingerprint density at radius 1 is 1.50 bits per heavy atom. The predicted molar refractivity (Wildman–Crippen MR) is 63.7 cm³/mol. The summed E-state index contributed by atoms with van der Waals surface area (Å²) in [4.78, 5) is 14.5. The van der Waals surface area contributed by atoms with Gasteiger partial charge in [0.25, 0.3) is 0 Å². The lowest BCUT2D eigenvalue weighted by Crippen LogP contribution is -2.30. The Labute approximate surface area is 109 Å². The van der Waals surface area contributed by atoms with Gasteiger partial charge in [0.2, 0.25) is 10.0 Å². The van der Waals surface area contributed by atoms with Crippen molar-refractivity contribution >= 4 is 27.6 Å². The van der Waals surface area contributed by atoms with Crippen LogP contribution in [0.2, 0.25) is 5.02 Å². The van der Waals surface area contributed by atoms with Gasteiger partial charge in [-0.3, -0.25) is 9.78 Å². The molecule has 2 heterocycles. The second kappa shape index (κ2) is 4.83. The molecule has 0 saturated carbocycles. The number of carbonyl (C=O) groups is 1. The molecule has 1 saturated heterocycles. The number of rotatable bonds is 3. The second-order valence-corrected chi connectivity index (χ2v) is 6.40. The number of nitrogens with zero attached hydrogens (tertiary/aromatic N) is 2. The molecule has 1 aromatic rings. The van der Waals surface area contributed by atoms with Gasteiger partial charge >= 0.3 is 5.97 Å². The van der Waals surface area contributed by atoms with Crippen LogP contribution in [-0.4, -0.2) is 41.9 Å². The summed E-state index contributed by atoms with van der Waals surface area (Å²) in [5.74, 6) is -1.62. The summed E-state index contributed by atoms with van der Waals surface area (Å²) in [7, 11) is -3.70. The molecule has 1 unspecified atom stereocenters. The zero-order chi connectivity index (χ0) is 13.3. The van der Waals surface area contributed by atoms with Gasteiger partial charge in [-0.2, -0.15) is 4.31 Å². The Kier molecular flexibility index (Phi) is 3.56. The highest BCUT2D eigenvalue weighted by Crippen LogP contribution is 2.25. The van der Waals surface area contributed by atoms with Crippen LogP contribution in [0.15, 0.2) is 23.4 Å². The van der Waals surface area contributed by atoms with E-state index in [2.05, 4.69) is 4.98 Å². The molecule has 0 radical (unpaired) electrons. The average molecular weight is 291 g/mol. The predicted octanol–water partition coefficient (Wildman–Crippen LogP) is 0.830. The highest BCUT2D eigenvalue weighted by atomic mass is 35.5. The molecule has 1 atom stereocenters. The molecule has 1 fully saturated rings. The first kappa shape index (κ1) is 13.3. The fourth-order valence-electron chi connectivity index (χ4n) is 1.83. The van der Waals surface area contributed by atoms with Crippen LogP contribution >= 0.6 is 11.6 Å². The molecule has 18 heavy (non-hydrogen) atoms. The molecule has 1 aliphatic heterocycles. The van der Waals surface area contributed by atoms with Crippen molar-refractivity contribution in [2.75, 3.05) is 13.1 Å². The van der Waals surface area contributed by atoms with Crippen LogP contribution < -0.4 is 0 Å². The molecule has 98 valence electrons. The third-order valence-corrected chi connectivity index (χ3v) is 4.85. The number of carboxylic acids is 1. The van der Waals surface area contributed by atoms with Crippen LogP contribution in [0.4, 0.5) is 0 Å². The van der Waals surface area contributed by atoms with Gasteiger partial charge in [-0.15, -0.1) is 0 Å². The molecule has 6 nitrogen and oxygen atoms in total. The largest absolute Gasteiger partial charge is 0.481 e. The maximum absolute atomic E-state index is 12.2. The molecule has 1 aliphatic rings. The Morgan fingerprint density at radius 3 is 2.78 bits per heavy atom. The van der Waals surface area contributed by atoms with Gasteiger partial charge in [0, 0.05) is 25.5 Å². The van der Waals surface area contributed by atoms with Crippen molar-refractivity contribution in [1.82, 2.24) is 9.29 Å². The summed E-state index contributed by atoms with van der Waals surface area (Å²) < 4.78 is 25.5. The fourth-order valence-corrected chi connectivity index (χ4v) is 3.56. The van der Waals surface area contributed by atoms with Crippen LogP contribution in [0.1, 0.15) is 6.42 Å². The number of halogens is 1. The van der Waals surface area contributed by atoms with Crippen molar-refractivity contribution < 1.29 is 18.3 Å². The molecule has 8 heteroatoms. The lowest BCUT2D eigenvalue weighted by molar-refractivity contribution is -0.141. The molecule has 1 N–H and O–H groups in total. The summed E-state index contributed by atoms with van der Waals surface area (Å²) in [6.45, 7) is 0.190. The van der Waals surface area contributed by atoms with Gasteiger partial charge in [-0.1, -0.05) is 11.6 Å². The first-order valence-corrected chi connectivity index (χ1v) is 7.06. The van der Waals surface area contributed by atoms with E-state index in [0.29, 0.717) is 6.42 Å². The van der Waals surface area contributed by atoms with E-state index in [1.54, 1.807) is 0 Å². The summed E-state index contributed by atoms with van der Waals surface area (Å²) >= 11 is 5.70. The highest BCUT2D eigenvalue weighted by molar-refractivity contribution is 7.89. The summed E-state index contributed by atoms with van der Waals surface area (Å²) in [6.07, 6.45) is 2.86. The van der Waals surface area contributed by atoms with Crippen LogP contribution in [0.5, 0.6) is 0 Å². The topological polar surface area (TPSA) is 87.6 Å². The van der Waals surface area contributed by atoms with E-state index in [1.165, 1.54) is 18.5 Å². The lowest BCUT2D eigenvalue weighted by atomic mass is 10.1. The van der Waals surface area contributed by atoms with Crippen LogP contribution in [-0.2, 0) is 14.8 Å². The van der Waals surface area contributed by atoms with Crippen LogP contribution in [0.25, 0.3) is 0 Å². The van der Waals surface area contributed by atoms with E-state index < -0.39 is 21.9 Å². The third-order valence-electron chi connectivity index (χ3n) is 2.82. The van der Waals surface area contributed by atoms with Crippen molar-refractivity contribution in [3.8, 4) is 0 Å². The minimum Gasteiger partial charge on any atom is -0.481 e. The maximum atomic E-state index is 12.2. The van der Waals surface area contributed by atoms with Gasteiger partial charge in [0.1, 0.15) is 4.90 Å². The standard InChI is InChI=1S/C10H11ClN2O4S/c11-8-3-9(5-12-4-8)18(16,17)13-2-1-7(6-13)10(14)15/h3-5,7H,1-2,6H2,(H,14,15). The summed E-state index contributed by atoms with van der Waals surface area (Å²) in [5.41, 5.74) is 0. The second-order valence-electron chi connectivity index (χ2n) is 4.03. The fraction of sp³-hybridized carbons (Fsp3) is 0.400. The van der Waals surface area contributed by atoms with Gasteiger partial charge in [0.05, 0.1) is 10.9 Å². The van der Waals surface area contributed by atoms with Gasteiger partial charge in [-0.05, 0) is 12.5 Å². The molecule has 0 aliphatic carbocycles. The first-order valence-electron chi connectivity index (χ1n) is 5.25. The monoisotopic (exact) mass is 290 g/mol. The molecule has 0 spiro atoms. The Balaban J connectivity index is 2.25. The molecular weight excluding hydrogens is 280 g/mol. The van der Waals surface area contributed by atoms with E-state index in [9.17, 15) is 13.2 Å². The van der Waals surface area contributed by atoms with E-state index in [0.717, 1.165) is 4.31 Å². The quantitative estimate of drug-likeness (QED) is 0.891. The van der Waals surface area contributed by atoms with Gasteiger partial charge in [0.15, 0.2) is 0 Å². The molecule has 1 aromatic heterocycles. The zero-order valence-corrected chi connectivity index (χ0v) is 10.9. The number of hydrogen-bond donors (Lipinski definition) is 1. The van der Waals surface area contributed by atoms with Crippen molar-refractivity contribution in [3.63, 3.8) is 0 Å². The smallest absolute Gasteiger partial charge is 0.307 e. The van der Waals surface area contributed by atoms with Crippen molar-refractivity contribution in [3.05, 3.63) is 23.5 Å².